The number of hydrogen-bond donors (Lipinski definition) is 0. The van der Waals surface area contributed by atoms with Gasteiger partial charge in [0.1, 0.15) is 0 Å². The lowest BCUT2D eigenvalue weighted by Crippen LogP contribution is -2.57. The highest BCUT2D eigenvalue weighted by Crippen LogP contribution is 2.41. The van der Waals surface area contributed by atoms with Gasteiger partial charge in [0, 0.05) is 13.0 Å². The number of unbranched alkanes of at least 4 members (excludes halogenated alkanes) is 1. The largest absolute Gasteiger partial charge is 0.458 e. The molecule has 1 aliphatic rings. The molecule has 0 aromatic carbocycles. The van der Waals surface area contributed by atoms with Crippen LogP contribution in [-0.4, -0.2) is 56.2 Å². The van der Waals surface area contributed by atoms with E-state index in [4.69, 9.17) is 9.47 Å². The van der Waals surface area contributed by atoms with E-state index in [2.05, 4.69) is 9.47 Å². The van der Waals surface area contributed by atoms with Crippen LogP contribution in [0.1, 0.15) is 39.5 Å². The van der Waals surface area contributed by atoms with Crippen molar-refractivity contribution in [3.05, 3.63) is 0 Å². The summed E-state index contributed by atoms with van der Waals surface area (Å²) in [5, 5.41) is 0. The van der Waals surface area contributed by atoms with E-state index in [1.807, 2.05) is 6.92 Å². The van der Waals surface area contributed by atoms with Crippen molar-refractivity contribution in [2.75, 3.05) is 26.4 Å². The van der Waals surface area contributed by atoms with Crippen LogP contribution in [0.15, 0.2) is 0 Å². The van der Waals surface area contributed by atoms with Gasteiger partial charge in [-0.15, -0.1) is 0 Å². The molecule has 24 heavy (non-hydrogen) atoms. The second kappa shape index (κ2) is 9.22. The minimum Gasteiger partial charge on any atom is -0.458 e. The highest BCUT2D eigenvalue weighted by Gasteiger charge is 2.60. The first kappa shape index (κ1) is 20.7. The molecule has 0 aromatic rings. The summed E-state index contributed by atoms with van der Waals surface area (Å²) in [7, 11) is 0. The number of halogens is 3. The quantitative estimate of drug-likeness (QED) is 0.396. The zero-order valence-electron chi connectivity index (χ0n) is 13.8. The zero-order valence-corrected chi connectivity index (χ0v) is 13.8. The Hall–Kier alpha value is -1.35. The summed E-state index contributed by atoms with van der Waals surface area (Å²) in [6.45, 7) is 3.11. The smallest absolute Gasteiger partial charge is 0.430 e. The van der Waals surface area contributed by atoms with E-state index in [9.17, 15) is 22.8 Å². The third-order valence-electron chi connectivity index (χ3n) is 3.62. The highest BCUT2D eigenvalue weighted by atomic mass is 19.4. The first-order valence-corrected chi connectivity index (χ1v) is 7.92. The molecular weight excluding hydrogens is 333 g/mol. The molecule has 0 N–H and O–H groups in total. The molecule has 1 rings (SSSR count). The van der Waals surface area contributed by atoms with Crippen LogP contribution in [0.2, 0.25) is 0 Å². The van der Waals surface area contributed by atoms with E-state index in [1.54, 1.807) is 0 Å². The fourth-order valence-electron chi connectivity index (χ4n) is 2.17. The molecular formula is C15H23F3O6. The third kappa shape index (κ3) is 5.62. The normalized spacial score (nSPS) is 24.5. The van der Waals surface area contributed by atoms with E-state index in [0.29, 0.717) is 6.61 Å². The number of carbonyl (C=O) groups is 2. The van der Waals surface area contributed by atoms with E-state index >= 15 is 0 Å². The van der Waals surface area contributed by atoms with Crippen LogP contribution in [0.4, 0.5) is 13.2 Å². The maximum absolute atomic E-state index is 13.3. The molecule has 140 valence electrons. The van der Waals surface area contributed by atoms with Crippen molar-refractivity contribution in [2.24, 2.45) is 0 Å². The summed E-state index contributed by atoms with van der Waals surface area (Å²) in [5.41, 5.74) is -2.84. The number of ether oxygens (including phenoxy) is 4. The lowest BCUT2D eigenvalue weighted by molar-refractivity contribution is -0.302. The fraction of sp³-hybridized carbons (Fsp3) is 0.867. The summed E-state index contributed by atoms with van der Waals surface area (Å²) in [5.74, 6) is -3.12. The lowest BCUT2D eigenvalue weighted by atomic mass is 9.92. The van der Waals surface area contributed by atoms with Gasteiger partial charge in [-0.2, -0.15) is 13.2 Å². The van der Waals surface area contributed by atoms with Crippen LogP contribution in [-0.2, 0) is 28.5 Å². The van der Waals surface area contributed by atoms with E-state index in [1.165, 1.54) is 6.92 Å². The predicted molar refractivity (Wildman–Crippen MR) is 76.2 cm³/mol. The summed E-state index contributed by atoms with van der Waals surface area (Å²) in [6, 6.07) is 0. The van der Waals surface area contributed by atoms with Gasteiger partial charge >= 0.3 is 18.1 Å². The Morgan fingerprint density at radius 3 is 2.46 bits per heavy atom. The minimum atomic E-state index is -4.86. The predicted octanol–water partition coefficient (Wildman–Crippen LogP) is 2.39. The Labute approximate surface area is 138 Å². The topological polar surface area (TPSA) is 71.1 Å². The van der Waals surface area contributed by atoms with E-state index in [-0.39, 0.29) is 19.6 Å². The molecule has 2 atom stereocenters. The third-order valence-corrected chi connectivity index (χ3v) is 3.62. The van der Waals surface area contributed by atoms with Crippen molar-refractivity contribution >= 4 is 11.9 Å². The number of rotatable bonds is 7. The van der Waals surface area contributed by atoms with E-state index < -0.39 is 42.8 Å². The van der Waals surface area contributed by atoms with Gasteiger partial charge in [-0.05, 0) is 19.8 Å². The van der Waals surface area contributed by atoms with Crippen LogP contribution in [0, 0.1) is 0 Å². The second-order valence-corrected chi connectivity index (χ2v) is 5.50. The second-order valence-electron chi connectivity index (χ2n) is 5.50. The van der Waals surface area contributed by atoms with Crippen LogP contribution < -0.4 is 0 Å². The number of carbonyl (C=O) groups excluding carboxylic acids is 2. The summed E-state index contributed by atoms with van der Waals surface area (Å²) in [6.07, 6.45) is -4.05. The minimum absolute atomic E-state index is 0.00173. The van der Waals surface area contributed by atoms with Crippen LogP contribution in [0.5, 0.6) is 0 Å². The molecule has 1 aliphatic heterocycles. The molecule has 1 heterocycles. The highest BCUT2D eigenvalue weighted by molar-refractivity contribution is 6.29. The standard InChI is InChI=1S/C15H23F3O6/c1-3-5-8-21-9-11-6-7-14(10-23-11,15(16,17)18)24-13(20)12(19)22-4-2/h11H,3-10H2,1-2H3. The van der Waals surface area contributed by atoms with Gasteiger partial charge in [-0.3, -0.25) is 0 Å². The monoisotopic (exact) mass is 356 g/mol. The Balaban J connectivity index is 2.63. The zero-order chi connectivity index (χ0) is 18.2. The SMILES string of the molecule is CCCCOCC1CCC(OC(=O)C(=O)OCC)(C(F)(F)F)CO1. The van der Waals surface area contributed by atoms with E-state index in [0.717, 1.165) is 12.8 Å². The van der Waals surface area contributed by atoms with Crippen LogP contribution in [0.3, 0.4) is 0 Å². The molecule has 1 saturated heterocycles. The number of alkyl halides is 3. The molecule has 9 heteroatoms. The lowest BCUT2D eigenvalue weighted by Gasteiger charge is -2.40. The van der Waals surface area contributed by atoms with Gasteiger partial charge in [0.25, 0.3) is 0 Å². The van der Waals surface area contributed by atoms with Crippen molar-refractivity contribution < 1.29 is 41.7 Å². The molecule has 0 amide bonds. The number of esters is 2. The average molecular weight is 356 g/mol. The maximum atomic E-state index is 13.3. The van der Waals surface area contributed by atoms with Gasteiger partial charge in [-0.1, -0.05) is 13.3 Å². The summed E-state index contributed by atoms with van der Waals surface area (Å²) >= 11 is 0. The van der Waals surface area contributed by atoms with Crippen molar-refractivity contribution in [3.8, 4) is 0 Å². The van der Waals surface area contributed by atoms with Crippen molar-refractivity contribution in [1.82, 2.24) is 0 Å². The Morgan fingerprint density at radius 2 is 1.96 bits per heavy atom. The van der Waals surface area contributed by atoms with Crippen LogP contribution >= 0.6 is 0 Å². The van der Waals surface area contributed by atoms with Crippen LogP contribution in [0.25, 0.3) is 0 Å². The summed E-state index contributed by atoms with van der Waals surface area (Å²) in [4.78, 5) is 22.7. The fourth-order valence-corrected chi connectivity index (χ4v) is 2.17. The van der Waals surface area contributed by atoms with Crippen molar-refractivity contribution in [2.45, 2.75) is 57.4 Å². The van der Waals surface area contributed by atoms with Gasteiger partial charge < -0.3 is 18.9 Å². The Kier molecular flexibility index (Phi) is 7.95. The van der Waals surface area contributed by atoms with Crippen molar-refractivity contribution in [1.29, 1.82) is 0 Å². The first-order valence-electron chi connectivity index (χ1n) is 7.92. The molecule has 0 radical (unpaired) electrons. The Bertz CT molecular complexity index is 416. The molecule has 0 aliphatic carbocycles. The molecule has 0 bridgehead atoms. The van der Waals surface area contributed by atoms with Gasteiger partial charge in [0.05, 0.1) is 25.9 Å². The molecule has 1 fully saturated rings. The van der Waals surface area contributed by atoms with Gasteiger partial charge in [0.15, 0.2) is 0 Å². The van der Waals surface area contributed by atoms with Crippen molar-refractivity contribution in [3.63, 3.8) is 0 Å². The van der Waals surface area contributed by atoms with Gasteiger partial charge in [-0.25, -0.2) is 9.59 Å². The maximum Gasteiger partial charge on any atom is 0.430 e. The molecule has 0 spiro atoms. The molecule has 0 aromatic heterocycles. The first-order chi connectivity index (χ1) is 11.3. The average Bonchev–Trinajstić information content (AvgIpc) is 2.52. The molecule has 2 unspecified atom stereocenters. The van der Waals surface area contributed by atoms with Gasteiger partial charge in [0.2, 0.25) is 5.60 Å². The molecule has 6 nitrogen and oxygen atoms in total. The summed E-state index contributed by atoms with van der Waals surface area (Å²) < 4.78 is 59.3. The Morgan fingerprint density at radius 1 is 1.25 bits per heavy atom. The molecule has 0 saturated carbocycles. The number of hydrogen-bond acceptors (Lipinski definition) is 6.